The largest absolute Gasteiger partial charge is 0.372 e. The van der Waals surface area contributed by atoms with E-state index in [4.69, 9.17) is 4.74 Å². The smallest absolute Gasteiger partial charge is 0.0878 e. The fourth-order valence-electron chi connectivity index (χ4n) is 0.737. The Morgan fingerprint density at radius 2 is 2.62 bits per heavy atom. The van der Waals surface area contributed by atoms with Gasteiger partial charge in [0.25, 0.3) is 0 Å². The summed E-state index contributed by atoms with van der Waals surface area (Å²) >= 11 is 0. The lowest BCUT2D eigenvalue weighted by molar-refractivity contribution is 0.0594. The van der Waals surface area contributed by atoms with E-state index in [9.17, 15) is 0 Å². The molecule has 0 unspecified atom stereocenters. The molecule has 2 heteroatoms. The van der Waals surface area contributed by atoms with E-state index in [1.165, 1.54) is 0 Å². The molecule has 1 N–H and O–H groups in total. The number of hydrogen-bond donors (Lipinski definition) is 1. The normalized spacial score (nSPS) is 29.8. The predicted molar refractivity (Wildman–Crippen MR) is 32.8 cm³/mol. The zero-order chi connectivity index (χ0) is 5.82. The van der Waals surface area contributed by atoms with Crippen molar-refractivity contribution in [2.24, 2.45) is 0 Å². The van der Waals surface area contributed by atoms with Crippen molar-refractivity contribution in [3.8, 4) is 0 Å². The average Bonchev–Trinajstić information content (AvgIpc) is 1.90. The number of nitrogens with one attached hydrogen (secondary N) is 1. The highest BCUT2D eigenvalue weighted by Gasteiger charge is 2.06. The Labute approximate surface area is 49.5 Å². The molecule has 0 bridgehead atoms. The Hall–Kier alpha value is -0.340. The van der Waals surface area contributed by atoms with Gasteiger partial charge in [-0.2, -0.15) is 0 Å². The molecule has 0 radical (unpaired) electrons. The molecule has 0 saturated carbocycles. The summed E-state index contributed by atoms with van der Waals surface area (Å²) in [6.45, 7) is 6.33. The summed E-state index contributed by atoms with van der Waals surface area (Å²) in [6, 6.07) is 0. The Balaban J connectivity index is 2.22. The zero-order valence-electron chi connectivity index (χ0n) is 4.89. The van der Waals surface area contributed by atoms with Crippen LogP contribution < -0.4 is 5.32 Å². The van der Waals surface area contributed by atoms with Crippen LogP contribution in [0, 0.1) is 0 Å². The third kappa shape index (κ3) is 1.32. The summed E-state index contributed by atoms with van der Waals surface area (Å²) in [5.74, 6) is 0. The van der Waals surface area contributed by atoms with Crippen molar-refractivity contribution >= 4 is 0 Å². The maximum atomic E-state index is 5.25. The maximum absolute atomic E-state index is 5.25. The number of morpholine rings is 1. The van der Waals surface area contributed by atoms with Crippen LogP contribution in [0.4, 0.5) is 0 Å². The number of hydrogen-bond acceptors (Lipinski definition) is 2. The third-order valence-corrected chi connectivity index (χ3v) is 1.22. The van der Waals surface area contributed by atoms with Gasteiger partial charge >= 0.3 is 0 Å². The fourth-order valence-corrected chi connectivity index (χ4v) is 0.737. The van der Waals surface area contributed by atoms with Crippen molar-refractivity contribution in [2.45, 2.75) is 6.10 Å². The van der Waals surface area contributed by atoms with Gasteiger partial charge in [-0.3, -0.25) is 0 Å². The van der Waals surface area contributed by atoms with E-state index in [0.717, 1.165) is 19.7 Å². The first-order valence-electron chi connectivity index (χ1n) is 2.88. The Morgan fingerprint density at radius 1 is 1.75 bits per heavy atom. The van der Waals surface area contributed by atoms with Crippen molar-refractivity contribution in [3.05, 3.63) is 12.7 Å². The third-order valence-electron chi connectivity index (χ3n) is 1.22. The molecule has 1 aliphatic rings. The molecule has 1 heterocycles. The summed E-state index contributed by atoms with van der Waals surface area (Å²) in [4.78, 5) is 0. The Kier molecular flexibility index (Phi) is 2.06. The average molecular weight is 113 g/mol. The molecule has 8 heavy (non-hydrogen) atoms. The van der Waals surface area contributed by atoms with Gasteiger partial charge in [0.15, 0.2) is 0 Å². The first kappa shape index (κ1) is 5.79. The van der Waals surface area contributed by atoms with Crippen molar-refractivity contribution in [1.82, 2.24) is 5.32 Å². The molecule has 0 spiro atoms. The van der Waals surface area contributed by atoms with E-state index in [0.29, 0.717) is 0 Å². The zero-order valence-corrected chi connectivity index (χ0v) is 4.89. The van der Waals surface area contributed by atoms with Crippen LogP contribution in [-0.4, -0.2) is 25.8 Å². The molecule has 1 fully saturated rings. The van der Waals surface area contributed by atoms with Gasteiger partial charge in [0.2, 0.25) is 0 Å². The summed E-state index contributed by atoms with van der Waals surface area (Å²) in [7, 11) is 0. The molecule has 1 saturated heterocycles. The number of ether oxygens (including phenoxy) is 1. The SMILES string of the molecule is C=C[C@H]1CNCCO1. The molecule has 2 nitrogen and oxygen atoms in total. The summed E-state index contributed by atoms with van der Waals surface area (Å²) in [5, 5.41) is 3.19. The maximum Gasteiger partial charge on any atom is 0.0878 e. The Morgan fingerprint density at radius 3 is 3.00 bits per heavy atom. The van der Waals surface area contributed by atoms with Gasteiger partial charge in [-0.25, -0.2) is 0 Å². The van der Waals surface area contributed by atoms with Crippen LogP contribution in [-0.2, 0) is 4.74 Å². The summed E-state index contributed by atoms with van der Waals surface area (Å²) in [6.07, 6.45) is 2.07. The minimum atomic E-state index is 0.240. The van der Waals surface area contributed by atoms with E-state index in [1.54, 1.807) is 0 Å². The van der Waals surface area contributed by atoms with Gasteiger partial charge in [-0.05, 0) is 0 Å². The highest BCUT2D eigenvalue weighted by atomic mass is 16.5. The van der Waals surface area contributed by atoms with Crippen LogP contribution in [0.1, 0.15) is 0 Å². The minimum absolute atomic E-state index is 0.240. The van der Waals surface area contributed by atoms with Crippen molar-refractivity contribution in [3.63, 3.8) is 0 Å². The molecule has 1 atom stereocenters. The molecule has 0 aromatic rings. The quantitative estimate of drug-likeness (QED) is 0.489. The molecular weight excluding hydrogens is 102 g/mol. The van der Waals surface area contributed by atoms with Crippen LogP contribution in [0.25, 0.3) is 0 Å². The lowest BCUT2D eigenvalue weighted by Crippen LogP contribution is -2.37. The highest BCUT2D eigenvalue weighted by molar-refractivity contribution is 4.83. The molecule has 1 rings (SSSR count). The first-order chi connectivity index (χ1) is 3.93. The lowest BCUT2D eigenvalue weighted by Gasteiger charge is -2.19. The van der Waals surface area contributed by atoms with E-state index < -0.39 is 0 Å². The molecule has 0 aromatic carbocycles. The van der Waals surface area contributed by atoms with Crippen LogP contribution >= 0.6 is 0 Å². The van der Waals surface area contributed by atoms with Gasteiger partial charge in [0.05, 0.1) is 12.7 Å². The van der Waals surface area contributed by atoms with Gasteiger partial charge in [0.1, 0.15) is 0 Å². The Bertz CT molecular complexity index is 76.6. The van der Waals surface area contributed by atoms with Gasteiger partial charge < -0.3 is 10.1 Å². The van der Waals surface area contributed by atoms with Crippen LogP contribution in [0.15, 0.2) is 12.7 Å². The second-order valence-corrected chi connectivity index (χ2v) is 1.85. The molecule has 0 aromatic heterocycles. The molecule has 46 valence electrons. The van der Waals surface area contributed by atoms with Gasteiger partial charge in [-0.15, -0.1) is 6.58 Å². The topological polar surface area (TPSA) is 21.3 Å². The van der Waals surface area contributed by atoms with Crippen molar-refractivity contribution in [2.75, 3.05) is 19.7 Å². The van der Waals surface area contributed by atoms with Crippen LogP contribution in [0.2, 0.25) is 0 Å². The van der Waals surface area contributed by atoms with E-state index >= 15 is 0 Å². The van der Waals surface area contributed by atoms with Crippen molar-refractivity contribution < 1.29 is 4.74 Å². The summed E-state index contributed by atoms with van der Waals surface area (Å²) in [5.41, 5.74) is 0. The van der Waals surface area contributed by atoms with Gasteiger partial charge in [0, 0.05) is 13.1 Å². The van der Waals surface area contributed by atoms with Gasteiger partial charge in [-0.1, -0.05) is 6.08 Å². The van der Waals surface area contributed by atoms with E-state index in [-0.39, 0.29) is 6.10 Å². The molecule has 0 amide bonds. The highest BCUT2D eigenvalue weighted by Crippen LogP contribution is 1.94. The molecule has 0 aliphatic carbocycles. The predicted octanol–water partition coefficient (Wildman–Crippen LogP) is 0.161. The van der Waals surface area contributed by atoms with E-state index in [1.807, 2.05) is 6.08 Å². The molecule has 1 aliphatic heterocycles. The standard InChI is InChI=1S/C6H11NO/c1-2-6-5-7-3-4-8-6/h2,6-7H,1,3-5H2/t6-/m0/s1. The van der Waals surface area contributed by atoms with Crippen LogP contribution in [0.5, 0.6) is 0 Å². The monoisotopic (exact) mass is 113 g/mol. The van der Waals surface area contributed by atoms with Crippen molar-refractivity contribution in [1.29, 1.82) is 0 Å². The second kappa shape index (κ2) is 2.84. The summed E-state index contributed by atoms with van der Waals surface area (Å²) < 4.78 is 5.25. The van der Waals surface area contributed by atoms with E-state index in [2.05, 4.69) is 11.9 Å². The molecular formula is C6H11NO. The minimum Gasteiger partial charge on any atom is -0.372 e. The fraction of sp³-hybridized carbons (Fsp3) is 0.667. The number of rotatable bonds is 1. The first-order valence-corrected chi connectivity index (χ1v) is 2.88. The second-order valence-electron chi connectivity index (χ2n) is 1.85. The van der Waals surface area contributed by atoms with Crippen LogP contribution in [0.3, 0.4) is 0 Å². The lowest BCUT2D eigenvalue weighted by atomic mass is 10.3.